The minimum absolute atomic E-state index is 0.581. The van der Waals surface area contributed by atoms with Crippen LogP contribution in [0.3, 0.4) is 0 Å². The van der Waals surface area contributed by atoms with Gasteiger partial charge in [-0.25, -0.2) is 0 Å². The monoisotopic (exact) mass is 387 g/mol. The van der Waals surface area contributed by atoms with E-state index >= 15 is 0 Å². The van der Waals surface area contributed by atoms with E-state index in [0.717, 1.165) is 43.2 Å². The lowest BCUT2D eigenvalue weighted by Crippen LogP contribution is -2.17. The molecule has 3 aromatic carbocycles. The second kappa shape index (κ2) is 9.15. The van der Waals surface area contributed by atoms with Gasteiger partial charge in [0.2, 0.25) is 0 Å². The predicted molar refractivity (Wildman–Crippen MR) is 118 cm³/mol. The van der Waals surface area contributed by atoms with E-state index in [0.29, 0.717) is 6.61 Å². The minimum atomic E-state index is 0.581. The molecule has 1 unspecified atom stereocenters. The molecule has 0 saturated carbocycles. The summed E-state index contributed by atoms with van der Waals surface area (Å²) < 4.78 is 11.3. The number of methoxy groups -OCH3 is 1. The molecule has 0 aliphatic heterocycles. The van der Waals surface area contributed by atoms with Gasteiger partial charge in [0.15, 0.2) is 0 Å². The van der Waals surface area contributed by atoms with E-state index in [1.165, 1.54) is 34.2 Å². The van der Waals surface area contributed by atoms with Crippen molar-refractivity contribution in [1.82, 2.24) is 0 Å². The Morgan fingerprint density at radius 2 is 1.55 bits per heavy atom. The van der Waals surface area contributed by atoms with Crippen molar-refractivity contribution < 1.29 is 9.47 Å². The lowest BCUT2D eigenvalue weighted by Gasteiger charge is -2.24. The zero-order valence-corrected chi connectivity index (χ0v) is 17.1. The van der Waals surface area contributed by atoms with Crippen molar-refractivity contribution >= 4 is 0 Å². The van der Waals surface area contributed by atoms with Gasteiger partial charge in [-0.15, -0.1) is 0 Å². The van der Waals surface area contributed by atoms with Crippen LogP contribution < -0.4 is 15.2 Å². The lowest BCUT2D eigenvalue weighted by molar-refractivity contribution is 0.305. The van der Waals surface area contributed by atoms with E-state index in [9.17, 15) is 0 Å². The molecule has 0 saturated heterocycles. The highest BCUT2D eigenvalue weighted by Gasteiger charge is 2.18. The molecular weight excluding hydrogens is 358 g/mol. The average Bonchev–Trinajstić information content (AvgIpc) is 2.78. The number of hydrogen-bond acceptors (Lipinski definition) is 3. The van der Waals surface area contributed by atoms with Crippen LogP contribution >= 0.6 is 0 Å². The molecule has 0 bridgehead atoms. The summed E-state index contributed by atoms with van der Waals surface area (Å²) in [7, 11) is 1.69. The lowest BCUT2D eigenvalue weighted by atomic mass is 9.82. The molecule has 1 atom stereocenters. The molecule has 0 amide bonds. The molecule has 3 heteroatoms. The molecule has 0 spiro atoms. The first-order chi connectivity index (χ1) is 14.2. The molecule has 29 heavy (non-hydrogen) atoms. The summed E-state index contributed by atoms with van der Waals surface area (Å²) in [5, 5.41) is 0. The Kier molecular flexibility index (Phi) is 6.16. The number of ether oxygens (including phenoxy) is 2. The van der Waals surface area contributed by atoms with E-state index in [2.05, 4.69) is 54.6 Å². The van der Waals surface area contributed by atoms with Crippen molar-refractivity contribution in [1.29, 1.82) is 0 Å². The van der Waals surface area contributed by atoms with Crippen LogP contribution in [-0.2, 0) is 19.4 Å². The maximum Gasteiger partial charge on any atom is 0.120 e. The Morgan fingerprint density at radius 3 is 2.24 bits per heavy atom. The molecule has 1 aliphatic carbocycles. The summed E-state index contributed by atoms with van der Waals surface area (Å²) >= 11 is 0. The summed E-state index contributed by atoms with van der Waals surface area (Å²) in [4.78, 5) is 0. The van der Waals surface area contributed by atoms with Crippen LogP contribution in [0.4, 0.5) is 0 Å². The van der Waals surface area contributed by atoms with E-state index in [-0.39, 0.29) is 0 Å². The summed E-state index contributed by atoms with van der Waals surface area (Å²) in [5.41, 5.74) is 12.2. The topological polar surface area (TPSA) is 44.5 Å². The largest absolute Gasteiger partial charge is 0.497 e. The van der Waals surface area contributed by atoms with Gasteiger partial charge >= 0.3 is 0 Å². The summed E-state index contributed by atoms with van der Waals surface area (Å²) in [6.45, 7) is 1.37. The smallest absolute Gasteiger partial charge is 0.120 e. The first-order valence-electron chi connectivity index (χ1n) is 10.4. The Morgan fingerprint density at radius 1 is 0.862 bits per heavy atom. The molecule has 0 fully saturated rings. The number of aryl methyl sites for hydroxylation is 1. The maximum atomic E-state index is 6.07. The van der Waals surface area contributed by atoms with Crippen molar-refractivity contribution in [2.45, 2.75) is 32.3 Å². The van der Waals surface area contributed by atoms with E-state index in [1.807, 2.05) is 12.1 Å². The van der Waals surface area contributed by atoms with Gasteiger partial charge in [0.05, 0.1) is 7.11 Å². The normalized spacial score (nSPS) is 15.6. The second-order valence-corrected chi connectivity index (χ2v) is 7.83. The fraction of sp³-hybridized carbons (Fsp3) is 0.308. The van der Waals surface area contributed by atoms with E-state index in [4.69, 9.17) is 15.2 Å². The minimum Gasteiger partial charge on any atom is -0.497 e. The molecule has 3 aromatic rings. The van der Waals surface area contributed by atoms with E-state index in [1.54, 1.807) is 7.11 Å². The van der Waals surface area contributed by atoms with Crippen LogP contribution in [-0.4, -0.2) is 13.7 Å². The first-order valence-corrected chi connectivity index (χ1v) is 10.4. The van der Waals surface area contributed by atoms with Gasteiger partial charge < -0.3 is 15.2 Å². The fourth-order valence-electron chi connectivity index (χ4n) is 4.12. The summed E-state index contributed by atoms with van der Waals surface area (Å²) in [6, 6.07) is 23.3. The fourth-order valence-corrected chi connectivity index (χ4v) is 4.12. The zero-order chi connectivity index (χ0) is 20.1. The maximum absolute atomic E-state index is 6.07. The standard InChI is InChI=1S/C26H29NO2/c1-28-25-11-8-22(9-12-25)21-5-3-20(4-6-21)18-29-26-13-10-23-16-19(14-15-27)2-7-24(23)17-26/h3-6,8-13,17,19H,2,7,14-16,18,27H2,1H3. The van der Waals surface area contributed by atoms with Crippen molar-refractivity contribution in [3.8, 4) is 22.6 Å². The van der Waals surface area contributed by atoms with Gasteiger partial charge in [-0.3, -0.25) is 0 Å². The first kappa shape index (κ1) is 19.5. The van der Waals surface area contributed by atoms with Gasteiger partial charge in [0.1, 0.15) is 18.1 Å². The van der Waals surface area contributed by atoms with Crippen LogP contribution in [0, 0.1) is 5.92 Å². The van der Waals surface area contributed by atoms with Crippen LogP contribution in [0.2, 0.25) is 0 Å². The number of rotatable bonds is 7. The molecule has 0 heterocycles. The Balaban J connectivity index is 1.37. The van der Waals surface area contributed by atoms with Crippen LogP contribution in [0.5, 0.6) is 11.5 Å². The van der Waals surface area contributed by atoms with Crippen molar-refractivity contribution in [2.24, 2.45) is 11.7 Å². The van der Waals surface area contributed by atoms with Crippen molar-refractivity contribution in [3.63, 3.8) is 0 Å². The molecular formula is C26H29NO2. The Hall–Kier alpha value is -2.78. The number of benzene rings is 3. The molecule has 150 valence electrons. The van der Waals surface area contributed by atoms with E-state index < -0.39 is 0 Å². The average molecular weight is 388 g/mol. The quantitative estimate of drug-likeness (QED) is 0.591. The van der Waals surface area contributed by atoms with Crippen LogP contribution in [0.15, 0.2) is 66.7 Å². The van der Waals surface area contributed by atoms with Crippen LogP contribution in [0.25, 0.3) is 11.1 Å². The number of fused-ring (bicyclic) bond motifs is 1. The third kappa shape index (κ3) is 4.80. The SMILES string of the molecule is COc1ccc(-c2ccc(COc3ccc4c(c3)CCC(CCN)C4)cc2)cc1. The Labute approximate surface area is 173 Å². The van der Waals surface area contributed by atoms with Gasteiger partial charge in [-0.1, -0.05) is 42.5 Å². The van der Waals surface area contributed by atoms with Gasteiger partial charge in [-0.2, -0.15) is 0 Å². The van der Waals surface area contributed by atoms with Crippen molar-refractivity contribution in [2.75, 3.05) is 13.7 Å². The highest BCUT2D eigenvalue weighted by Crippen LogP contribution is 2.30. The highest BCUT2D eigenvalue weighted by molar-refractivity contribution is 5.64. The third-order valence-corrected chi connectivity index (χ3v) is 5.87. The molecule has 0 aromatic heterocycles. The Bertz CT molecular complexity index is 932. The predicted octanol–water partition coefficient (Wildman–Crippen LogP) is 5.39. The van der Waals surface area contributed by atoms with Gasteiger partial charge in [0.25, 0.3) is 0 Å². The highest BCUT2D eigenvalue weighted by atomic mass is 16.5. The molecule has 4 rings (SSSR count). The summed E-state index contributed by atoms with van der Waals surface area (Å²) in [6.07, 6.45) is 4.65. The second-order valence-electron chi connectivity index (χ2n) is 7.83. The van der Waals surface area contributed by atoms with Crippen molar-refractivity contribution in [3.05, 3.63) is 83.4 Å². The molecule has 3 nitrogen and oxygen atoms in total. The zero-order valence-electron chi connectivity index (χ0n) is 17.1. The number of nitrogens with two attached hydrogens (primary N) is 1. The third-order valence-electron chi connectivity index (χ3n) is 5.87. The van der Waals surface area contributed by atoms with Crippen LogP contribution in [0.1, 0.15) is 29.5 Å². The molecule has 2 N–H and O–H groups in total. The van der Waals surface area contributed by atoms with Gasteiger partial charge in [-0.05, 0) is 90.2 Å². The molecule has 0 radical (unpaired) electrons. The number of hydrogen-bond donors (Lipinski definition) is 1. The molecule has 1 aliphatic rings. The van der Waals surface area contributed by atoms with Gasteiger partial charge in [0, 0.05) is 0 Å². The summed E-state index contributed by atoms with van der Waals surface area (Å²) in [5.74, 6) is 2.57.